The van der Waals surface area contributed by atoms with Crippen molar-refractivity contribution < 1.29 is 28.7 Å². The third-order valence-electron chi connectivity index (χ3n) is 6.98. The Balaban J connectivity index is 1.49. The Kier molecular flexibility index (Phi) is 9.82. The molecule has 3 heterocycles. The van der Waals surface area contributed by atoms with Crippen LogP contribution >= 0.6 is 11.3 Å². The second-order valence-electron chi connectivity index (χ2n) is 10.0. The van der Waals surface area contributed by atoms with Crippen LogP contribution in [0.4, 0.5) is 0 Å². The van der Waals surface area contributed by atoms with Gasteiger partial charge in [-0.05, 0) is 55.0 Å². The van der Waals surface area contributed by atoms with E-state index >= 15 is 0 Å². The average Bonchev–Trinajstić information content (AvgIpc) is 3.61. The third kappa shape index (κ3) is 7.55. The molecule has 0 aliphatic carbocycles. The number of amides is 2. The Bertz CT molecular complexity index is 1390. The van der Waals surface area contributed by atoms with E-state index in [1.54, 1.807) is 23.4 Å². The van der Waals surface area contributed by atoms with Crippen molar-refractivity contribution in [1.82, 2.24) is 20.2 Å². The number of pyridine rings is 1. The quantitative estimate of drug-likeness (QED) is 0.362. The summed E-state index contributed by atoms with van der Waals surface area (Å²) in [5, 5.41) is 5.29. The van der Waals surface area contributed by atoms with E-state index < -0.39 is 36.0 Å². The first kappa shape index (κ1) is 29.9. The van der Waals surface area contributed by atoms with Gasteiger partial charge in [0, 0.05) is 44.6 Å². The number of hydrogen-bond acceptors (Lipinski definition) is 9. The predicted molar refractivity (Wildman–Crippen MR) is 152 cm³/mol. The fraction of sp³-hybridized carbons (Fsp3) is 0.400. The summed E-state index contributed by atoms with van der Waals surface area (Å²) < 4.78 is 10.6. The highest BCUT2D eigenvalue weighted by molar-refractivity contribution is 7.09. The molecule has 1 aliphatic heterocycles. The highest BCUT2D eigenvalue weighted by Crippen LogP contribution is 2.33. The van der Waals surface area contributed by atoms with Crippen LogP contribution < -0.4 is 5.32 Å². The van der Waals surface area contributed by atoms with Gasteiger partial charge in [-0.25, -0.2) is 4.98 Å². The van der Waals surface area contributed by atoms with E-state index in [4.69, 9.17) is 9.47 Å². The summed E-state index contributed by atoms with van der Waals surface area (Å²) in [7, 11) is 0. The SMILES string of the molecule is CC(=O)O[C@@H](C(=O)NCc1nc(Cc2c(C)cccc2C)cs1)[C@@H](OC(C)=O)C(=O)N1CCCC1c1cccnc1. The van der Waals surface area contributed by atoms with Crippen molar-refractivity contribution in [2.45, 2.75) is 71.8 Å². The molecule has 0 saturated carbocycles. The lowest BCUT2D eigenvalue weighted by atomic mass is 9.99. The number of rotatable bonds is 10. The lowest BCUT2D eigenvalue weighted by molar-refractivity contribution is -0.178. The van der Waals surface area contributed by atoms with E-state index in [1.165, 1.54) is 28.0 Å². The Morgan fingerprint density at radius 3 is 2.41 bits per heavy atom. The molecule has 11 heteroatoms. The van der Waals surface area contributed by atoms with Gasteiger partial charge in [-0.3, -0.25) is 24.2 Å². The van der Waals surface area contributed by atoms with E-state index in [1.807, 2.05) is 17.5 Å². The number of aryl methyl sites for hydroxylation is 2. The molecule has 0 radical (unpaired) electrons. The molecule has 1 aromatic carbocycles. The fourth-order valence-electron chi connectivity index (χ4n) is 5.05. The summed E-state index contributed by atoms with van der Waals surface area (Å²) in [5.41, 5.74) is 5.27. The normalized spacial score (nSPS) is 16.1. The van der Waals surface area contributed by atoms with Crippen molar-refractivity contribution in [2.24, 2.45) is 0 Å². The van der Waals surface area contributed by atoms with Gasteiger partial charge < -0.3 is 19.7 Å². The summed E-state index contributed by atoms with van der Waals surface area (Å²) in [6, 6.07) is 9.48. The molecule has 0 bridgehead atoms. The molecule has 1 N–H and O–H groups in total. The standard InChI is InChI=1S/C30H34N4O6S/c1-18-8-5-9-19(2)24(18)14-23-17-41-26(33-23)16-32-29(37)27(39-20(3)35)28(40-21(4)36)30(38)34-13-7-11-25(34)22-10-6-12-31-15-22/h5-6,8-10,12,15,17,25,27-28H,7,11,13-14,16H2,1-4H3,(H,32,37)/t25?,27-,28-/m1/s1. The maximum atomic E-state index is 13.7. The molecule has 0 spiro atoms. The van der Waals surface area contributed by atoms with E-state index in [0.717, 1.165) is 31.5 Å². The molecule has 1 unspecified atom stereocenters. The number of ether oxygens (including phenoxy) is 2. The zero-order chi connectivity index (χ0) is 29.5. The van der Waals surface area contributed by atoms with Crippen molar-refractivity contribution in [3.63, 3.8) is 0 Å². The first-order valence-electron chi connectivity index (χ1n) is 13.4. The molecule has 41 heavy (non-hydrogen) atoms. The number of esters is 2. The molecule has 3 atom stereocenters. The van der Waals surface area contributed by atoms with Crippen LogP contribution in [-0.4, -0.2) is 57.4 Å². The van der Waals surface area contributed by atoms with E-state index in [0.29, 0.717) is 24.4 Å². The second-order valence-corrected chi connectivity index (χ2v) is 11.0. The Labute approximate surface area is 243 Å². The Morgan fingerprint density at radius 1 is 1.05 bits per heavy atom. The van der Waals surface area contributed by atoms with Gasteiger partial charge in [-0.15, -0.1) is 11.3 Å². The molecule has 2 amide bonds. The monoisotopic (exact) mass is 578 g/mol. The molecule has 1 aliphatic rings. The number of carbonyl (C=O) groups excluding carboxylic acids is 4. The molecule has 1 saturated heterocycles. The first-order chi connectivity index (χ1) is 19.6. The maximum absolute atomic E-state index is 13.7. The van der Waals surface area contributed by atoms with Crippen LogP contribution in [0.15, 0.2) is 48.1 Å². The maximum Gasteiger partial charge on any atom is 0.303 e. The second kappa shape index (κ2) is 13.5. The average molecular weight is 579 g/mol. The van der Waals surface area contributed by atoms with Gasteiger partial charge >= 0.3 is 11.9 Å². The largest absolute Gasteiger partial charge is 0.448 e. The number of nitrogens with zero attached hydrogens (tertiary/aromatic N) is 3. The summed E-state index contributed by atoms with van der Waals surface area (Å²) >= 11 is 1.39. The Hall–Kier alpha value is -4.12. The van der Waals surface area contributed by atoms with Gasteiger partial charge in [-0.1, -0.05) is 24.3 Å². The van der Waals surface area contributed by atoms with Crippen LogP contribution in [0.1, 0.15) is 65.7 Å². The minimum absolute atomic E-state index is 0.0526. The van der Waals surface area contributed by atoms with Gasteiger partial charge in [0.1, 0.15) is 5.01 Å². The van der Waals surface area contributed by atoms with Gasteiger partial charge in [0.15, 0.2) is 0 Å². The number of aromatic nitrogens is 2. The summed E-state index contributed by atoms with van der Waals surface area (Å²) in [4.78, 5) is 61.5. The zero-order valence-corrected chi connectivity index (χ0v) is 24.4. The molecule has 2 aromatic heterocycles. The van der Waals surface area contributed by atoms with E-state index in [2.05, 4.69) is 41.3 Å². The fourth-order valence-corrected chi connectivity index (χ4v) is 5.78. The molecule has 3 aromatic rings. The van der Waals surface area contributed by atoms with Crippen molar-refractivity contribution in [2.75, 3.05) is 6.54 Å². The number of likely N-dealkylation sites (tertiary alicyclic amines) is 1. The number of carbonyl (C=O) groups is 4. The van der Waals surface area contributed by atoms with E-state index in [-0.39, 0.29) is 12.6 Å². The number of benzene rings is 1. The highest BCUT2D eigenvalue weighted by Gasteiger charge is 2.44. The minimum Gasteiger partial charge on any atom is -0.448 e. The van der Waals surface area contributed by atoms with Crippen LogP contribution in [-0.2, 0) is 41.6 Å². The van der Waals surface area contributed by atoms with Crippen molar-refractivity contribution in [3.05, 3.63) is 81.1 Å². The number of thiazole rings is 1. The lowest BCUT2D eigenvalue weighted by Crippen LogP contribution is -2.53. The van der Waals surface area contributed by atoms with Crippen LogP contribution in [0, 0.1) is 13.8 Å². The van der Waals surface area contributed by atoms with Crippen LogP contribution in [0.25, 0.3) is 0 Å². The molecular formula is C30H34N4O6S. The lowest BCUT2D eigenvalue weighted by Gasteiger charge is -2.31. The zero-order valence-electron chi connectivity index (χ0n) is 23.6. The van der Waals surface area contributed by atoms with Gasteiger partial charge in [0.05, 0.1) is 18.3 Å². The van der Waals surface area contributed by atoms with Crippen LogP contribution in [0.5, 0.6) is 0 Å². The summed E-state index contributed by atoms with van der Waals surface area (Å²) in [6.45, 7) is 6.84. The van der Waals surface area contributed by atoms with Crippen LogP contribution in [0.3, 0.4) is 0 Å². The number of nitrogens with one attached hydrogen (secondary N) is 1. The topological polar surface area (TPSA) is 128 Å². The minimum atomic E-state index is -1.67. The highest BCUT2D eigenvalue weighted by atomic mass is 32.1. The third-order valence-corrected chi connectivity index (χ3v) is 7.88. The molecule has 1 fully saturated rings. The van der Waals surface area contributed by atoms with Crippen molar-refractivity contribution in [3.8, 4) is 0 Å². The predicted octanol–water partition coefficient (Wildman–Crippen LogP) is 3.59. The summed E-state index contributed by atoms with van der Waals surface area (Å²) in [6.07, 6.45) is 2.06. The van der Waals surface area contributed by atoms with Crippen LogP contribution in [0.2, 0.25) is 0 Å². The van der Waals surface area contributed by atoms with Gasteiger partial charge in [0.2, 0.25) is 12.2 Å². The summed E-state index contributed by atoms with van der Waals surface area (Å²) in [5.74, 6) is -2.94. The molecule has 216 valence electrons. The first-order valence-corrected chi connectivity index (χ1v) is 14.3. The molecule has 4 rings (SSSR count). The van der Waals surface area contributed by atoms with Crippen molar-refractivity contribution in [1.29, 1.82) is 0 Å². The molecular weight excluding hydrogens is 544 g/mol. The van der Waals surface area contributed by atoms with E-state index in [9.17, 15) is 19.2 Å². The number of hydrogen-bond donors (Lipinski definition) is 1. The van der Waals surface area contributed by atoms with Crippen molar-refractivity contribution >= 4 is 35.1 Å². The smallest absolute Gasteiger partial charge is 0.303 e. The molecule has 10 nitrogen and oxygen atoms in total. The van der Waals surface area contributed by atoms with Gasteiger partial charge in [-0.2, -0.15) is 0 Å². The van der Waals surface area contributed by atoms with Gasteiger partial charge in [0.25, 0.3) is 11.8 Å². The Morgan fingerprint density at radius 2 is 1.76 bits per heavy atom.